The van der Waals surface area contributed by atoms with E-state index in [9.17, 15) is 0 Å². The fourth-order valence-electron chi connectivity index (χ4n) is 1.38. The van der Waals surface area contributed by atoms with E-state index >= 15 is 0 Å². The molecule has 86 valence electrons. The van der Waals surface area contributed by atoms with E-state index in [4.69, 9.17) is 0 Å². The molecule has 0 saturated carbocycles. The maximum absolute atomic E-state index is 4.40. The Morgan fingerprint density at radius 2 is 2.00 bits per heavy atom. The molecule has 0 aliphatic rings. The quantitative estimate of drug-likeness (QED) is 0.910. The standard InChI is InChI=1S/C10H14N4S2/c1-4-11-5-8-13-14-10(16-8)9-6(2)12-7(3)15-9/h11H,4-5H2,1-3H3. The average molecular weight is 254 g/mol. The van der Waals surface area contributed by atoms with Gasteiger partial charge in [-0.05, 0) is 20.4 Å². The number of rotatable bonds is 4. The van der Waals surface area contributed by atoms with Crippen LogP contribution in [0.2, 0.25) is 0 Å². The molecule has 0 amide bonds. The zero-order valence-electron chi connectivity index (χ0n) is 9.57. The minimum absolute atomic E-state index is 0.797. The minimum atomic E-state index is 0.797. The van der Waals surface area contributed by atoms with Gasteiger partial charge in [0.2, 0.25) is 0 Å². The molecule has 4 nitrogen and oxygen atoms in total. The Bertz CT molecular complexity index is 475. The molecule has 2 rings (SSSR count). The summed E-state index contributed by atoms with van der Waals surface area (Å²) >= 11 is 3.32. The molecule has 0 unspecified atom stereocenters. The van der Waals surface area contributed by atoms with E-state index < -0.39 is 0 Å². The van der Waals surface area contributed by atoms with Crippen LogP contribution in [0.3, 0.4) is 0 Å². The second-order valence-electron chi connectivity index (χ2n) is 3.43. The minimum Gasteiger partial charge on any atom is -0.311 e. The smallest absolute Gasteiger partial charge is 0.159 e. The third-order valence-corrected chi connectivity index (χ3v) is 4.24. The molecule has 1 N–H and O–H groups in total. The zero-order valence-corrected chi connectivity index (χ0v) is 11.2. The monoisotopic (exact) mass is 254 g/mol. The molecule has 0 fully saturated rings. The van der Waals surface area contributed by atoms with Gasteiger partial charge in [0, 0.05) is 6.54 Å². The van der Waals surface area contributed by atoms with Crippen molar-refractivity contribution < 1.29 is 0 Å². The van der Waals surface area contributed by atoms with Crippen molar-refractivity contribution in [2.24, 2.45) is 0 Å². The molecule has 0 aromatic carbocycles. The van der Waals surface area contributed by atoms with Crippen LogP contribution in [0.1, 0.15) is 22.6 Å². The van der Waals surface area contributed by atoms with E-state index in [0.29, 0.717) is 0 Å². The van der Waals surface area contributed by atoms with Gasteiger partial charge in [0.05, 0.1) is 15.6 Å². The summed E-state index contributed by atoms with van der Waals surface area (Å²) in [5.74, 6) is 0. The van der Waals surface area contributed by atoms with Crippen LogP contribution in [0.5, 0.6) is 0 Å². The van der Waals surface area contributed by atoms with Crippen LogP contribution in [0, 0.1) is 13.8 Å². The highest BCUT2D eigenvalue weighted by Gasteiger charge is 2.12. The maximum Gasteiger partial charge on any atom is 0.159 e. The normalized spacial score (nSPS) is 10.9. The van der Waals surface area contributed by atoms with Gasteiger partial charge < -0.3 is 5.32 Å². The van der Waals surface area contributed by atoms with Gasteiger partial charge in [-0.2, -0.15) is 0 Å². The summed E-state index contributed by atoms with van der Waals surface area (Å²) < 4.78 is 0. The second kappa shape index (κ2) is 4.99. The molecule has 0 aliphatic carbocycles. The highest BCUT2D eigenvalue weighted by molar-refractivity contribution is 7.21. The molecule has 6 heteroatoms. The van der Waals surface area contributed by atoms with Gasteiger partial charge in [-0.1, -0.05) is 18.3 Å². The summed E-state index contributed by atoms with van der Waals surface area (Å²) in [6, 6.07) is 0. The van der Waals surface area contributed by atoms with Crippen LogP contribution in [-0.4, -0.2) is 21.7 Å². The summed E-state index contributed by atoms with van der Waals surface area (Å²) in [6.07, 6.45) is 0. The summed E-state index contributed by atoms with van der Waals surface area (Å²) in [4.78, 5) is 5.55. The molecule has 16 heavy (non-hydrogen) atoms. The fraction of sp³-hybridized carbons (Fsp3) is 0.500. The Kier molecular flexibility index (Phi) is 3.63. The van der Waals surface area contributed by atoms with Crippen LogP contribution in [0.4, 0.5) is 0 Å². The van der Waals surface area contributed by atoms with Crippen molar-refractivity contribution in [2.75, 3.05) is 6.54 Å². The van der Waals surface area contributed by atoms with Crippen molar-refractivity contribution in [2.45, 2.75) is 27.3 Å². The molecule has 2 heterocycles. The lowest BCUT2D eigenvalue weighted by molar-refractivity contribution is 0.715. The van der Waals surface area contributed by atoms with Gasteiger partial charge in [-0.3, -0.25) is 0 Å². The van der Waals surface area contributed by atoms with E-state index in [2.05, 4.69) is 27.4 Å². The Labute approximate surface area is 103 Å². The largest absolute Gasteiger partial charge is 0.311 e. The Morgan fingerprint density at radius 3 is 2.62 bits per heavy atom. The molecule has 0 saturated heterocycles. The number of nitrogens with one attached hydrogen (secondary N) is 1. The highest BCUT2D eigenvalue weighted by atomic mass is 32.1. The lowest BCUT2D eigenvalue weighted by Gasteiger charge is -1.93. The molecular weight excluding hydrogens is 240 g/mol. The Morgan fingerprint density at radius 1 is 1.19 bits per heavy atom. The van der Waals surface area contributed by atoms with Gasteiger partial charge in [0.25, 0.3) is 0 Å². The van der Waals surface area contributed by atoms with Gasteiger partial charge in [-0.15, -0.1) is 21.5 Å². The highest BCUT2D eigenvalue weighted by Crippen LogP contribution is 2.31. The summed E-state index contributed by atoms with van der Waals surface area (Å²) in [5.41, 5.74) is 1.05. The van der Waals surface area contributed by atoms with E-state index in [1.807, 2.05) is 13.8 Å². The lowest BCUT2D eigenvalue weighted by atomic mass is 10.4. The first-order valence-corrected chi connectivity index (χ1v) is 6.81. The predicted molar refractivity (Wildman–Crippen MR) is 67.9 cm³/mol. The number of aromatic nitrogens is 3. The van der Waals surface area contributed by atoms with Gasteiger partial charge in [0.1, 0.15) is 5.01 Å². The van der Waals surface area contributed by atoms with Crippen molar-refractivity contribution in [3.05, 3.63) is 15.7 Å². The molecule has 0 atom stereocenters. The number of hydrogen-bond acceptors (Lipinski definition) is 6. The number of hydrogen-bond donors (Lipinski definition) is 1. The molecule has 0 aliphatic heterocycles. The Hall–Kier alpha value is -0.850. The zero-order chi connectivity index (χ0) is 11.5. The van der Waals surface area contributed by atoms with E-state index in [1.54, 1.807) is 22.7 Å². The van der Waals surface area contributed by atoms with Crippen molar-refractivity contribution in [3.63, 3.8) is 0 Å². The summed E-state index contributed by atoms with van der Waals surface area (Å²) in [7, 11) is 0. The number of aryl methyl sites for hydroxylation is 2. The van der Waals surface area contributed by atoms with Crippen LogP contribution >= 0.6 is 22.7 Å². The number of thiazole rings is 1. The van der Waals surface area contributed by atoms with Crippen molar-refractivity contribution in [1.29, 1.82) is 0 Å². The topological polar surface area (TPSA) is 50.7 Å². The predicted octanol–water partition coefficient (Wildman–Crippen LogP) is 2.39. The molecule has 0 spiro atoms. The lowest BCUT2D eigenvalue weighted by Crippen LogP contribution is -2.11. The van der Waals surface area contributed by atoms with E-state index in [1.165, 1.54) is 0 Å². The van der Waals surface area contributed by atoms with E-state index in [-0.39, 0.29) is 0 Å². The van der Waals surface area contributed by atoms with Crippen molar-refractivity contribution >= 4 is 22.7 Å². The summed E-state index contributed by atoms with van der Waals surface area (Å²) in [6.45, 7) is 7.86. The summed E-state index contributed by atoms with van der Waals surface area (Å²) in [5, 5.41) is 14.7. The first kappa shape index (κ1) is 11.6. The third kappa shape index (κ3) is 2.45. The first-order chi connectivity index (χ1) is 7.70. The Balaban J connectivity index is 2.21. The molecular formula is C10H14N4S2. The average Bonchev–Trinajstić information content (AvgIpc) is 2.82. The fourth-order valence-corrected chi connectivity index (χ4v) is 3.23. The van der Waals surface area contributed by atoms with Crippen LogP contribution < -0.4 is 5.32 Å². The molecule has 2 aromatic rings. The third-order valence-electron chi connectivity index (χ3n) is 2.09. The number of nitrogens with zero attached hydrogens (tertiary/aromatic N) is 3. The van der Waals surface area contributed by atoms with Crippen LogP contribution in [-0.2, 0) is 6.54 Å². The SMILES string of the molecule is CCNCc1nnc(-c2sc(C)nc2C)s1. The molecule has 2 aromatic heterocycles. The van der Waals surface area contributed by atoms with Crippen LogP contribution in [0.25, 0.3) is 9.88 Å². The van der Waals surface area contributed by atoms with Crippen molar-refractivity contribution in [1.82, 2.24) is 20.5 Å². The first-order valence-electron chi connectivity index (χ1n) is 5.18. The van der Waals surface area contributed by atoms with Gasteiger partial charge >= 0.3 is 0 Å². The molecule has 0 bridgehead atoms. The molecule has 0 radical (unpaired) electrons. The van der Waals surface area contributed by atoms with Crippen molar-refractivity contribution in [3.8, 4) is 9.88 Å². The van der Waals surface area contributed by atoms with Gasteiger partial charge in [-0.25, -0.2) is 4.98 Å². The van der Waals surface area contributed by atoms with Crippen LogP contribution in [0.15, 0.2) is 0 Å². The maximum atomic E-state index is 4.40. The van der Waals surface area contributed by atoms with Gasteiger partial charge in [0.15, 0.2) is 5.01 Å². The van der Waals surface area contributed by atoms with E-state index in [0.717, 1.165) is 38.7 Å². The second-order valence-corrected chi connectivity index (χ2v) is 5.69.